The summed E-state index contributed by atoms with van der Waals surface area (Å²) in [6.07, 6.45) is 5.43. The van der Waals surface area contributed by atoms with Crippen LogP contribution in [0.4, 0.5) is 34.3 Å². The number of nitrogens with zero attached hydrogens (tertiary/aromatic N) is 5. The van der Waals surface area contributed by atoms with Crippen molar-refractivity contribution in [1.29, 1.82) is 0 Å². The molecule has 432 valence electrons. The number of hydrogen-bond acceptors (Lipinski definition) is 6. The van der Waals surface area contributed by atoms with E-state index in [1.165, 1.54) is 31.8 Å². The van der Waals surface area contributed by atoms with Crippen molar-refractivity contribution in [1.82, 2.24) is 19.6 Å². The second-order valence-electron chi connectivity index (χ2n) is 18.8. The molecule has 0 saturated carbocycles. The molecule has 0 N–H and O–H groups in total. The summed E-state index contributed by atoms with van der Waals surface area (Å²) in [5, 5.41) is 16.8. The molecular formula is C68H53BCl2CuF4N5O3P2+2. The summed E-state index contributed by atoms with van der Waals surface area (Å²) in [6.45, 7) is 0. The first-order valence-electron chi connectivity index (χ1n) is 26.8. The Labute approximate surface area is 519 Å². The van der Waals surface area contributed by atoms with Crippen LogP contribution in [0.25, 0.3) is 11.5 Å². The topological polar surface area (TPSA) is 74.4 Å². The van der Waals surface area contributed by atoms with E-state index < -0.39 is 23.1 Å². The van der Waals surface area contributed by atoms with E-state index in [0.717, 1.165) is 51.6 Å². The summed E-state index contributed by atoms with van der Waals surface area (Å²) >= 11 is 9.53. The first-order valence-corrected chi connectivity index (χ1v) is 30.9. The Morgan fingerprint density at radius 1 is 0.453 bits per heavy atom. The van der Waals surface area contributed by atoms with Crippen molar-refractivity contribution < 1.29 is 48.6 Å². The monoisotopic (exact) mass is 1270 g/mol. The molecule has 3 heterocycles. The maximum atomic E-state index is 13.3. The average Bonchev–Trinajstić information content (AvgIpc) is 1.38. The van der Waals surface area contributed by atoms with E-state index in [-0.39, 0.29) is 28.2 Å². The molecular weight excluding hydrogens is 1220 g/mol. The third kappa shape index (κ3) is 15.6. The molecule has 0 saturated heterocycles. The maximum absolute atomic E-state index is 13.3. The SMILES string of the molecule is ClCCl.F[B-](F)(F)F.O=C(c1ccc(N2c3ccccc3Oc3ccccc32)cc1)c1ccc(-n2ccc(-n3cccn3)n2)cc1.[Cu+].c1ccc([PH+](c2ccccc2)c2ccccc2Oc2ccccc2[PH+](c2ccccc2)c2ccccc2)cc1. The van der Waals surface area contributed by atoms with Gasteiger partial charge in [-0.1, -0.05) is 121 Å². The molecule has 0 bridgehead atoms. The maximum Gasteiger partial charge on any atom is 1.00 e. The molecule has 0 amide bonds. The van der Waals surface area contributed by atoms with E-state index in [4.69, 9.17) is 32.7 Å². The van der Waals surface area contributed by atoms with Gasteiger partial charge in [-0.15, -0.1) is 28.3 Å². The second kappa shape index (κ2) is 30.0. The second-order valence-corrected chi connectivity index (χ2v) is 24.5. The summed E-state index contributed by atoms with van der Waals surface area (Å²) in [5.74, 6) is 4.12. The summed E-state index contributed by atoms with van der Waals surface area (Å²) in [7, 11) is -8.56. The minimum Gasteiger partial charge on any atom is -0.453 e. The number of carbonyl (C=O) groups excluding carboxylic acids is 1. The predicted molar refractivity (Wildman–Crippen MR) is 345 cm³/mol. The molecule has 1 aliphatic rings. The quantitative estimate of drug-likeness (QED) is 0.0376. The number of alkyl halides is 2. The van der Waals surface area contributed by atoms with E-state index in [0.29, 0.717) is 11.1 Å². The molecule has 8 nitrogen and oxygen atoms in total. The Bertz CT molecular complexity index is 3820. The van der Waals surface area contributed by atoms with Crippen molar-refractivity contribution in [3.05, 3.63) is 309 Å². The van der Waals surface area contributed by atoms with Crippen LogP contribution in [0, 0.1) is 0 Å². The molecule has 0 aliphatic carbocycles. The molecule has 10 aromatic carbocycles. The molecule has 0 radical (unpaired) electrons. The van der Waals surface area contributed by atoms with Gasteiger partial charge in [-0.25, -0.2) is 9.36 Å². The number of carbonyl (C=O) groups is 1. The van der Waals surface area contributed by atoms with Crippen molar-refractivity contribution in [2.24, 2.45) is 0 Å². The smallest absolute Gasteiger partial charge is 0.453 e. The van der Waals surface area contributed by atoms with Gasteiger partial charge < -0.3 is 31.6 Å². The van der Waals surface area contributed by atoms with Gasteiger partial charge in [0.2, 0.25) is 0 Å². The Morgan fingerprint density at radius 3 is 1.23 bits per heavy atom. The van der Waals surface area contributed by atoms with E-state index in [9.17, 15) is 22.1 Å². The molecule has 2 aromatic heterocycles. The van der Waals surface area contributed by atoms with Gasteiger partial charge in [0, 0.05) is 41.5 Å². The number of ether oxygens (including phenoxy) is 2. The van der Waals surface area contributed by atoms with E-state index >= 15 is 0 Å². The molecule has 1 aliphatic heterocycles. The first kappa shape index (κ1) is 62.0. The number of fused-ring (bicyclic) bond motifs is 2. The van der Waals surface area contributed by atoms with Crippen molar-refractivity contribution in [2.75, 3.05) is 10.2 Å². The Balaban J connectivity index is 0.000000181. The van der Waals surface area contributed by atoms with Gasteiger partial charge >= 0.3 is 24.3 Å². The van der Waals surface area contributed by atoms with Gasteiger partial charge in [0.15, 0.2) is 34.6 Å². The summed E-state index contributed by atoms with van der Waals surface area (Å²) in [5.41, 5.74) is 4.96. The number of aromatic nitrogens is 4. The molecule has 18 heteroatoms. The van der Waals surface area contributed by atoms with Crippen LogP contribution in [-0.2, 0) is 17.1 Å². The standard InChI is InChI=1S/C36H28OP2.C31H21N5O2.CH2Cl2.BF4.Cu/c1-5-17-29(18-6-1)38(30-19-7-2-8-20-30)35-27-15-13-25-33(35)37-34-26-14-16-28-36(34)39(31-21-9-3-10-22-31)32-23-11-4-12-24-32;37-31(22-10-14-24(15-11-22)34-21-18-30(33-34)35-20-5-19-32-35)23-12-16-25(17-13-23)36-26-6-1-3-8-28(26)38-29-9-4-2-7-27(29)36;2-1-3;2-1(3,4)5;/h1-28H;1-21H;1H2;;/q;;;-1;+1/p+2. The third-order valence-electron chi connectivity index (χ3n) is 13.3. The number of para-hydroxylation sites is 6. The van der Waals surface area contributed by atoms with Gasteiger partial charge in [-0.2, -0.15) is 5.10 Å². The molecule has 0 spiro atoms. The van der Waals surface area contributed by atoms with Crippen LogP contribution in [0.3, 0.4) is 0 Å². The van der Waals surface area contributed by atoms with Crippen LogP contribution in [0.1, 0.15) is 15.9 Å². The number of rotatable bonds is 13. The predicted octanol–water partition coefficient (Wildman–Crippen LogP) is 16.0. The summed E-state index contributed by atoms with van der Waals surface area (Å²) < 4.78 is 55.5. The Morgan fingerprint density at radius 2 is 0.826 bits per heavy atom. The number of halogens is 6. The minimum absolute atomic E-state index is 0. The van der Waals surface area contributed by atoms with Crippen molar-refractivity contribution in [3.63, 3.8) is 0 Å². The molecule has 12 aromatic rings. The normalized spacial score (nSPS) is 11.2. The van der Waals surface area contributed by atoms with Crippen LogP contribution >= 0.6 is 39.0 Å². The fourth-order valence-corrected chi connectivity index (χ4v) is 15.0. The molecule has 0 unspecified atom stereocenters. The molecule has 13 rings (SSSR count). The van der Waals surface area contributed by atoms with E-state index in [1.54, 1.807) is 15.6 Å². The summed E-state index contributed by atoms with van der Waals surface area (Å²) in [6, 6.07) is 95.3. The van der Waals surface area contributed by atoms with Crippen LogP contribution in [-0.4, -0.2) is 37.9 Å². The van der Waals surface area contributed by atoms with Gasteiger partial charge in [0.1, 0.15) is 47.7 Å². The third-order valence-corrected chi connectivity index (χ3v) is 18.9. The van der Waals surface area contributed by atoms with Gasteiger partial charge in [-0.05, 0) is 152 Å². The van der Waals surface area contributed by atoms with E-state index in [2.05, 4.69) is 185 Å². The van der Waals surface area contributed by atoms with Gasteiger partial charge in [0.25, 0.3) is 0 Å². The number of hydrogen-bond donors (Lipinski definition) is 0. The zero-order valence-electron chi connectivity index (χ0n) is 45.6. The zero-order valence-corrected chi connectivity index (χ0v) is 50.1. The van der Waals surface area contributed by atoms with Gasteiger partial charge in [-0.3, -0.25) is 4.79 Å². The zero-order chi connectivity index (χ0) is 59.0. The van der Waals surface area contributed by atoms with Crippen LogP contribution in [0.5, 0.6) is 23.0 Å². The summed E-state index contributed by atoms with van der Waals surface area (Å²) in [4.78, 5) is 15.4. The van der Waals surface area contributed by atoms with E-state index in [1.807, 2.05) is 122 Å². The van der Waals surface area contributed by atoms with Crippen LogP contribution in [0.2, 0.25) is 0 Å². The minimum atomic E-state index is -6.00. The Kier molecular flexibility index (Phi) is 21.6. The van der Waals surface area contributed by atoms with Crippen molar-refractivity contribution in [2.45, 2.75) is 0 Å². The van der Waals surface area contributed by atoms with Crippen LogP contribution in [0.15, 0.2) is 298 Å². The Hall–Kier alpha value is -8.57. The van der Waals surface area contributed by atoms with Gasteiger partial charge in [0.05, 0.1) is 22.4 Å². The average molecular weight is 1270 g/mol. The van der Waals surface area contributed by atoms with Crippen molar-refractivity contribution in [3.8, 4) is 34.5 Å². The molecule has 0 fully saturated rings. The first-order chi connectivity index (χ1) is 41.5. The fraction of sp³-hybridized carbons (Fsp3) is 0.0147. The van der Waals surface area contributed by atoms with Crippen molar-refractivity contribution >= 4 is 101 Å². The number of anilines is 3. The number of benzene rings is 10. The molecule has 0 atom stereocenters. The molecule has 86 heavy (non-hydrogen) atoms. The fourth-order valence-electron chi connectivity index (χ4n) is 9.68. The number of ketones is 1. The van der Waals surface area contributed by atoms with Crippen LogP contribution < -0.4 is 46.2 Å². The largest absolute Gasteiger partial charge is 1.00 e.